The number of anilines is 2. The van der Waals surface area contributed by atoms with E-state index in [1.165, 1.54) is 0 Å². The monoisotopic (exact) mass is 479 g/mol. The van der Waals surface area contributed by atoms with Gasteiger partial charge in [-0.1, -0.05) is 18.2 Å². The van der Waals surface area contributed by atoms with Gasteiger partial charge in [0.1, 0.15) is 5.82 Å². The summed E-state index contributed by atoms with van der Waals surface area (Å²) in [7, 11) is 7.37. The van der Waals surface area contributed by atoms with Crippen molar-refractivity contribution in [2.24, 2.45) is 5.73 Å². The summed E-state index contributed by atoms with van der Waals surface area (Å²) in [4.78, 5) is 16.9. The van der Waals surface area contributed by atoms with Crippen LogP contribution in [0, 0.1) is 10.8 Å². The van der Waals surface area contributed by atoms with Crippen LogP contribution in [0.1, 0.15) is 0 Å². The Labute approximate surface area is 209 Å². The highest BCUT2D eigenvalue weighted by atomic mass is 15.3. The number of fused-ring (bicyclic) bond motifs is 2. The van der Waals surface area contributed by atoms with Crippen molar-refractivity contribution in [2.75, 3.05) is 38.0 Å². The summed E-state index contributed by atoms with van der Waals surface area (Å²) in [6.45, 7) is 0. The molecule has 0 fully saturated rings. The molecule has 3 aromatic carbocycles. The molecule has 36 heavy (non-hydrogen) atoms. The molecule has 5 aromatic rings. The summed E-state index contributed by atoms with van der Waals surface area (Å²) >= 11 is 0. The van der Waals surface area contributed by atoms with Gasteiger partial charge in [0.2, 0.25) is 0 Å². The van der Waals surface area contributed by atoms with Gasteiger partial charge in [-0.05, 0) is 53.6 Å². The van der Waals surface area contributed by atoms with Crippen LogP contribution in [0.2, 0.25) is 0 Å². The first-order chi connectivity index (χ1) is 17.2. The maximum atomic E-state index is 8.25. The van der Waals surface area contributed by atoms with Gasteiger partial charge in [0.25, 0.3) is 0 Å². The lowest BCUT2D eigenvalue weighted by Gasteiger charge is -2.24. The van der Waals surface area contributed by atoms with Crippen molar-refractivity contribution in [3.8, 4) is 22.5 Å². The van der Waals surface area contributed by atoms with E-state index in [4.69, 9.17) is 21.5 Å². The third-order valence-electron chi connectivity index (χ3n) is 6.48. The largest absolute Gasteiger partial charge is 0.370 e. The van der Waals surface area contributed by atoms with Gasteiger partial charge >= 0.3 is 0 Å². The molecule has 0 bridgehead atoms. The number of hydrogen-bond donors (Lipinski definition) is 5. The van der Waals surface area contributed by atoms with Crippen LogP contribution in [0.25, 0.3) is 44.5 Å². The van der Waals surface area contributed by atoms with Crippen molar-refractivity contribution in [1.82, 2.24) is 19.9 Å². The van der Waals surface area contributed by atoms with Crippen molar-refractivity contribution in [2.45, 2.75) is 0 Å². The third-order valence-corrected chi connectivity index (χ3v) is 6.48. The van der Waals surface area contributed by atoms with Crippen molar-refractivity contribution in [1.29, 1.82) is 10.8 Å². The second-order valence-corrected chi connectivity index (χ2v) is 9.02. The van der Waals surface area contributed by atoms with Gasteiger partial charge in [-0.2, -0.15) is 0 Å². The van der Waals surface area contributed by atoms with Gasteiger partial charge in [0, 0.05) is 62.2 Å². The number of nitrogens with two attached hydrogens (primary N) is 1. The Hall–Kier alpha value is -4.79. The number of nitrogens with zero attached hydrogens (tertiary/aromatic N) is 4. The summed E-state index contributed by atoms with van der Waals surface area (Å²) in [5.74, 6) is 1.19. The van der Waals surface area contributed by atoms with E-state index in [0.717, 1.165) is 55.8 Å². The lowest BCUT2D eigenvalue weighted by atomic mass is 10.0. The number of H-pyrrole nitrogens is 2. The van der Waals surface area contributed by atoms with Crippen molar-refractivity contribution >= 4 is 45.2 Å². The Morgan fingerprint density at radius 2 is 1.50 bits per heavy atom. The lowest BCUT2D eigenvalue weighted by Crippen LogP contribution is -2.37. The van der Waals surface area contributed by atoms with E-state index < -0.39 is 0 Å². The number of nitrogens with one attached hydrogen (secondary N) is 4. The zero-order valence-corrected chi connectivity index (χ0v) is 20.7. The number of aromatic nitrogens is 3. The molecule has 2 aromatic heterocycles. The minimum absolute atomic E-state index is 0.00157. The molecule has 5 rings (SSSR count). The molecule has 9 nitrogen and oxygen atoms in total. The standard InChI is InChI=1S/C27H29N9/c1-34(2)27(30)36(4)19-10-12-23-24(14-19)33-25(32-23)21-15-31-22-11-7-17(13-20(21)22)16-5-8-18(9-6-16)35(3)26(28)29/h5-15,30-31H,1-4H3,(H3,28,29)(H,32,33). The minimum atomic E-state index is 0.00157. The normalized spacial score (nSPS) is 11.1. The van der Waals surface area contributed by atoms with Crippen LogP contribution in [-0.2, 0) is 0 Å². The molecule has 2 heterocycles. The Morgan fingerprint density at radius 1 is 0.806 bits per heavy atom. The highest BCUT2D eigenvalue weighted by molar-refractivity contribution is 5.99. The van der Waals surface area contributed by atoms with E-state index in [1.54, 1.807) is 16.8 Å². The fourth-order valence-electron chi connectivity index (χ4n) is 4.27. The molecule has 0 unspecified atom stereocenters. The number of aromatic amines is 2. The molecular weight excluding hydrogens is 450 g/mol. The first-order valence-electron chi connectivity index (χ1n) is 11.5. The highest BCUT2D eigenvalue weighted by Gasteiger charge is 2.15. The SMILES string of the molecule is CN(C)C(=N)N(C)c1ccc2nc(-c3c[nH]c4ccc(-c5ccc(N(C)C(=N)N)cc5)cc34)[nH]c2c1. The second kappa shape index (κ2) is 8.77. The van der Waals surface area contributed by atoms with E-state index in [9.17, 15) is 0 Å². The van der Waals surface area contributed by atoms with Crippen LogP contribution in [-0.4, -0.2) is 60.0 Å². The van der Waals surface area contributed by atoms with Crippen molar-refractivity contribution in [3.63, 3.8) is 0 Å². The molecule has 0 amide bonds. The molecule has 0 saturated heterocycles. The molecule has 0 aliphatic carbocycles. The minimum Gasteiger partial charge on any atom is -0.370 e. The van der Waals surface area contributed by atoms with Gasteiger partial charge in [0.15, 0.2) is 11.9 Å². The maximum absolute atomic E-state index is 8.25. The molecule has 0 saturated carbocycles. The van der Waals surface area contributed by atoms with Gasteiger partial charge < -0.3 is 30.4 Å². The Bertz CT molecular complexity index is 1590. The number of imidazole rings is 1. The smallest absolute Gasteiger partial charge is 0.197 e. The predicted molar refractivity (Wildman–Crippen MR) is 149 cm³/mol. The van der Waals surface area contributed by atoms with E-state index in [2.05, 4.69) is 28.2 Å². The third kappa shape index (κ3) is 4.00. The summed E-state index contributed by atoms with van der Waals surface area (Å²) in [6, 6.07) is 20.3. The average molecular weight is 480 g/mol. The molecule has 6 N–H and O–H groups in total. The molecule has 0 aliphatic rings. The van der Waals surface area contributed by atoms with Crippen LogP contribution in [0.3, 0.4) is 0 Å². The first-order valence-corrected chi connectivity index (χ1v) is 11.5. The van der Waals surface area contributed by atoms with Crippen molar-refractivity contribution < 1.29 is 0 Å². The number of rotatable bonds is 4. The molecule has 0 radical (unpaired) electrons. The zero-order valence-electron chi connectivity index (χ0n) is 20.7. The fraction of sp³-hybridized carbons (Fsp3) is 0.148. The molecule has 0 aliphatic heterocycles. The van der Waals surface area contributed by atoms with E-state index in [1.807, 2.05) is 74.7 Å². The maximum Gasteiger partial charge on any atom is 0.197 e. The van der Waals surface area contributed by atoms with Gasteiger partial charge in [0.05, 0.1) is 11.0 Å². The molecule has 0 atom stereocenters. The number of hydrogen-bond acceptors (Lipinski definition) is 3. The Balaban J connectivity index is 1.50. The molecule has 182 valence electrons. The van der Waals surface area contributed by atoms with Crippen LogP contribution in [0.4, 0.5) is 11.4 Å². The predicted octanol–water partition coefficient (Wildman–Crippen LogP) is 4.64. The summed E-state index contributed by atoms with van der Waals surface area (Å²) in [5, 5.41) is 16.9. The number of benzene rings is 3. The topological polar surface area (TPSA) is 128 Å². The zero-order chi connectivity index (χ0) is 25.6. The first kappa shape index (κ1) is 23.0. The van der Waals surface area contributed by atoms with E-state index in [0.29, 0.717) is 5.96 Å². The Kier molecular flexibility index (Phi) is 5.60. The van der Waals surface area contributed by atoms with Crippen molar-refractivity contribution in [3.05, 3.63) is 66.9 Å². The molecule has 0 spiro atoms. The summed E-state index contributed by atoms with van der Waals surface area (Å²) < 4.78 is 0. The summed E-state index contributed by atoms with van der Waals surface area (Å²) in [5.41, 5.74) is 13.3. The van der Waals surface area contributed by atoms with Crippen LogP contribution in [0.5, 0.6) is 0 Å². The lowest BCUT2D eigenvalue weighted by molar-refractivity contribution is 0.603. The molecular formula is C27H29N9. The van der Waals surface area contributed by atoms with Gasteiger partial charge in [-0.25, -0.2) is 4.98 Å². The van der Waals surface area contributed by atoms with Gasteiger partial charge in [-0.15, -0.1) is 0 Å². The van der Waals surface area contributed by atoms with Crippen LogP contribution < -0.4 is 15.5 Å². The van der Waals surface area contributed by atoms with Crippen LogP contribution >= 0.6 is 0 Å². The fourth-order valence-corrected chi connectivity index (χ4v) is 4.27. The van der Waals surface area contributed by atoms with E-state index >= 15 is 0 Å². The second-order valence-electron chi connectivity index (χ2n) is 9.02. The van der Waals surface area contributed by atoms with E-state index in [-0.39, 0.29) is 5.96 Å². The van der Waals surface area contributed by atoms with Crippen LogP contribution in [0.15, 0.2) is 66.9 Å². The highest BCUT2D eigenvalue weighted by Crippen LogP contribution is 2.33. The van der Waals surface area contributed by atoms with Gasteiger partial charge in [-0.3, -0.25) is 10.8 Å². The summed E-state index contributed by atoms with van der Waals surface area (Å²) in [6.07, 6.45) is 1.98. The average Bonchev–Trinajstić information content (AvgIpc) is 3.50. The quantitative estimate of drug-likeness (QED) is 0.189. The Morgan fingerprint density at radius 3 is 2.19 bits per heavy atom. The molecule has 9 heteroatoms. The number of guanidine groups is 2.